The van der Waals surface area contributed by atoms with Gasteiger partial charge in [-0.3, -0.25) is 4.90 Å². The number of piperidine rings is 2. The van der Waals surface area contributed by atoms with Crippen LogP contribution in [0.4, 0.5) is 18.9 Å². The molecule has 3 nitrogen and oxygen atoms in total. The molecule has 0 atom stereocenters. The Kier molecular flexibility index (Phi) is 6.50. The molecule has 2 aliphatic heterocycles. The van der Waals surface area contributed by atoms with E-state index in [2.05, 4.69) is 34.1 Å². The van der Waals surface area contributed by atoms with E-state index in [1.54, 1.807) is 6.07 Å². The van der Waals surface area contributed by atoms with Crippen molar-refractivity contribution in [3.8, 4) is 11.5 Å². The second-order valence-electron chi connectivity index (χ2n) is 9.58. The van der Waals surface area contributed by atoms with Crippen LogP contribution in [0.2, 0.25) is 0 Å². The highest BCUT2D eigenvalue weighted by Gasteiger charge is 2.39. The fourth-order valence-electron chi connectivity index (χ4n) is 5.35. The number of halogens is 3. The molecule has 5 rings (SSSR count). The molecular formula is C28H29F3N2O. The molecule has 178 valence electrons. The average molecular weight is 467 g/mol. The lowest BCUT2D eigenvalue weighted by Gasteiger charge is -2.48. The molecule has 2 fully saturated rings. The average Bonchev–Trinajstić information content (AvgIpc) is 2.84. The number of ether oxygens (including phenoxy) is 1. The highest BCUT2D eigenvalue weighted by molar-refractivity contribution is 5.60. The molecule has 0 unspecified atom stereocenters. The standard InChI is InChI=1S/C28H29F3N2O/c29-22-8-4-9-23(16-22)34-27-18-25(31)24(30)17-26(27)33-13-5-10-28(20-33)11-14-32(15-12-28)19-21-6-2-1-3-7-21/h1-4,6-9,16-18H,5,10-15,19-20H2. The van der Waals surface area contributed by atoms with Gasteiger partial charge in [0.15, 0.2) is 17.4 Å². The summed E-state index contributed by atoms with van der Waals surface area (Å²) in [5, 5.41) is 0. The molecule has 2 heterocycles. The Labute approximate surface area is 198 Å². The molecule has 34 heavy (non-hydrogen) atoms. The second-order valence-corrected chi connectivity index (χ2v) is 9.58. The molecule has 0 amide bonds. The van der Waals surface area contributed by atoms with Gasteiger partial charge < -0.3 is 9.64 Å². The first-order valence-electron chi connectivity index (χ1n) is 11.9. The van der Waals surface area contributed by atoms with Crippen molar-refractivity contribution >= 4 is 5.69 Å². The van der Waals surface area contributed by atoms with Crippen molar-refractivity contribution in [2.24, 2.45) is 5.41 Å². The van der Waals surface area contributed by atoms with E-state index < -0.39 is 17.5 Å². The largest absolute Gasteiger partial charge is 0.455 e. The van der Waals surface area contributed by atoms with Crippen molar-refractivity contribution in [1.82, 2.24) is 4.90 Å². The Bertz CT molecular complexity index is 1130. The summed E-state index contributed by atoms with van der Waals surface area (Å²) in [6.07, 6.45) is 4.25. The van der Waals surface area contributed by atoms with Gasteiger partial charge in [0.05, 0.1) is 5.69 Å². The molecule has 6 heteroatoms. The summed E-state index contributed by atoms with van der Waals surface area (Å²) in [5.41, 5.74) is 1.99. The minimum Gasteiger partial charge on any atom is -0.455 e. The first-order valence-corrected chi connectivity index (χ1v) is 11.9. The molecular weight excluding hydrogens is 437 g/mol. The van der Waals surface area contributed by atoms with Crippen molar-refractivity contribution in [2.45, 2.75) is 32.2 Å². The van der Waals surface area contributed by atoms with E-state index in [9.17, 15) is 13.2 Å². The van der Waals surface area contributed by atoms with Gasteiger partial charge in [-0.15, -0.1) is 0 Å². The minimum atomic E-state index is -0.976. The van der Waals surface area contributed by atoms with Crippen LogP contribution in [0, 0.1) is 22.9 Å². The van der Waals surface area contributed by atoms with Gasteiger partial charge in [-0.25, -0.2) is 13.2 Å². The number of anilines is 1. The zero-order chi connectivity index (χ0) is 23.5. The Balaban J connectivity index is 1.32. The zero-order valence-electron chi connectivity index (χ0n) is 19.2. The molecule has 0 aromatic heterocycles. The molecule has 2 saturated heterocycles. The molecule has 0 bridgehead atoms. The van der Waals surface area contributed by atoms with Gasteiger partial charge in [0.25, 0.3) is 0 Å². The Morgan fingerprint density at radius 3 is 2.32 bits per heavy atom. The van der Waals surface area contributed by atoms with Crippen LogP contribution in [-0.4, -0.2) is 31.1 Å². The van der Waals surface area contributed by atoms with E-state index in [-0.39, 0.29) is 16.9 Å². The smallest absolute Gasteiger partial charge is 0.162 e. The van der Waals surface area contributed by atoms with Crippen molar-refractivity contribution in [3.63, 3.8) is 0 Å². The van der Waals surface area contributed by atoms with Gasteiger partial charge in [-0.05, 0) is 61.9 Å². The van der Waals surface area contributed by atoms with Crippen molar-refractivity contribution < 1.29 is 17.9 Å². The van der Waals surface area contributed by atoms with Crippen molar-refractivity contribution in [2.75, 3.05) is 31.1 Å². The molecule has 2 aliphatic rings. The van der Waals surface area contributed by atoms with Crippen LogP contribution < -0.4 is 9.64 Å². The number of benzene rings is 3. The van der Waals surface area contributed by atoms with E-state index in [1.807, 2.05) is 6.07 Å². The topological polar surface area (TPSA) is 15.7 Å². The number of nitrogens with zero attached hydrogens (tertiary/aromatic N) is 2. The summed E-state index contributed by atoms with van der Waals surface area (Å²) in [4.78, 5) is 4.61. The van der Waals surface area contributed by atoms with E-state index >= 15 is 0 Å². The molecule has 0 radical (unpaired) electrons. The van der Waals surface area contributed by atoms with E-state index in [0.29, 0.717) is 5.69 Å². The summed E-state index contributed by atoms with van der Waals surface area (Å²) >= 11 is 0. The molecule has 0 aliphatic carbocycles. The third kappa shape index (κ3) is 5.07. The number of hydrogen-bond acceptors (Lipinski definition) is 3. The third-order valence-corrected chi connectivity index (χ3v) is 7.19. The highest BCUT2D eigenvalue weighted by atomic mass is 19.2. The fourth-order valence-corrected chi connectivity index (χ4v) is 5.35. The van der Waals surface area contributed by atoms with E-state index in [0.717, 1.165) is 64.5 Å². The van der Waals surface area contributed by atoms with Crippen molar-refractivity contribution in [1.29, 1.82) is 0 Å². The third-order valence-electron chi connectivity index (χ3n) is 7.19. The van der Waals surface area contributed by atoms with Gasteiger partial charge in [0, 0.05) is 37.8 Å². The van der Waals surface area contributed by atoms with E-state index in [4.69, 9.17) is 4.74 Å². The van der Waals surface area contributed by atoms with Crippen LogP contribution in [0.15, 0.2) is 66.7 Å². The maximum absolute atomic E-state index is 14.3. The second kappa shape index (κ2) is 9.71. The monoisotopic (exact) mass is 466 g/mol. The van der Waals surface area contributed by atoms with Crippen LogP contribution in [0.25, 0.3) is 0 Å². The van der Waals surface area contributed by atoms with Crippen molar-refractivity contribution in [3.05, 3.63) is 89.7 Å². The molecule has 3 aromatic carbocycles. The van der Waals surface area contributed by atoms with Gasteiger partial charge in [-0.2, -0.15) is 0 Å². The van der Waals surface area contributed by atoms with E-state index in [1.165, 1.54) is 29.8 Å². The number of hydrogen-bond donors (Lipinski definition) is 0. The van der Waals surface area contributed by atoms with Crippen LogP contribution in [0.3, 0.4) is 0 Å². The predicted molar refractivity (Wildman–Crippen MR) is 128 cm³/mol. The first-order chi connectivity index (χ1) is 16.5. The zero-order valence-corrected chi connectivity index (χ0v) is 19.2. The van der Waals surface area contributed by atoms with Gasteiger partial charge in [-0.1, -0.05) is 36.4 Å². The summed E-state index contributed by atoms with van der Waals surface area (Å²) in [7, 11) is 0. The minimum absolute atomic E-state index is 0.145. The quantitative estimate of drug-likeness (QED) is 0.412. The Morgan fingerprint density at radius 2 is 1.56 bits per heavy atom. The maximum atomic E-state index is 14.3. The van der Waals surface area contributed by atoms with Crippen LogP contribution in [0.1, 0.15) is 31.2 Å². The van der Waals surface area contributed by atoms with Gasteiger partial charge in [0.1, 0.15) is 11.6 Å². The number of rotatable bonds is 5. The molecule has 0 saturated carbocycles. The summed E-state index contributed by atoms with van der Waals surface area (Å²) < 4.78 is 47.9. The van der Waals surface area contributed by atoms with Crippen LogP contribution in [-0.2, 0) is 6.54 Å². The van der Waals surface area contributed by atoms with Gasteiger partial charge >= 0.3 is 0 Å². The highest BCUT2D eigenvalue weighted by Crippen LogP contribution is 2.44. The molecule has 1 spiro atoms. The lowest BCUT2D eigenvalue weighted by Crippen LogP contribution is -2.49. The summed E-state index contributed by atoms with van der Waals surface area (Å²) in [5.74, 6) is -1.85. The Morgan fingerprint density at radius 1 is 0.794 bits per heavy atom. The molecule has 0 N–H and O–H groups in total. The maximum Gasteiger partial charge on any atom is 0.162 e. The number of likely N-dealkylation sites (tertiary alicyclic amines) is 1. The Hall–Kier alpha value is -2.99. The van der Waals surface area contributed by atoms with Crippen LogP contribution in [0.5, 0.6) is 11.5 Å². The summed E-state index contributed by atoms with van der Waals surface area (Å²) in [6.45, 7) is 4.52. The normalized spacial score (nSPS) is 18.3. The summed E-state index contributed by atoms with van der Waals surface area (Å²) in [6, 6.07) is 18.5. The van der Waals surface area contributed by atoms with Crippen LogP contribution >= 0.6 is 0 Å². The lowest BCUT2D eigenvalue weighted by atomic mass is 9.72. The molecule has 3 aromatic rings. The van der Waals surface area contributed by atoms with Gasteiger partial charge in [0.2, 0.25) is 0 Å². The first kappa shape index (κ1) is 22.8. The SMILES string of the molecule is Fc1cccc(Oc2cc(F)c(F)cc2N2CCCC3(CCN(Cc4ccccc4)CC3)C2)c1. The fraction of sp³-hybridized carbons (Fsp3) is 0.357. The predicted octanol–water partition coefficient (Wildman–Crippen LogP) is 6.78. The lowest BCUT2D eigenvalue weighted by molar-refractivity contribution is 0.0836.